The molecule has 2 aromatic rings. The van der Waals surface area contributed by atoms with E-state index in [1.54, 1.807) is 31.3 Å². The smallest absolute Gasteiger partial charge is 0.342 e. The average molecular weight is 264 g/mol. The topological polar surface area (TPSA) is 61.0 Å². The summed E-state index contributed by atoms with van der Waals surface area (Å²) in [6.45, 7) is 0. The van der Waals surface area contributed by atoms with Crippen molar-refractivity contribution in [3.8, 4) is 0 Å². The van der Waals surface area contributed by atoms with E-state index in [2.05, 4.69) is 4.98 Å². The van der Waals surface area contributed by atoms with Crippen molar-refractivity contribution in [1.82, 2.24) is 9.55 Å². The van der Waals surface area contributed by atoms with Crippen LogP contribution in [0.5, 0.6) is 0 Å². The van der Waals surface area contributed by atoms with Gasteiger partial charge in [0.15, 0.2) is 0 Å². The molecule has 6 heteroatoms. The zero-order chi connectivity index (χ0) is 13.1. The fourth-order valence-electron chi connectivity index (χ4n) is 1.52. The Kier molecular flexibility index (Phi) is 3.43. The molecule has 0 spiro atoms. The third-order valence-corrected chi connectivity index (χ3v) is 2.70. The molecule has 0 bridgehead atoms. The molecule has 0 fully saturated rings. The third-order valence-electron chi connectivity index (χ3n) is 2.46. The van der Waals surface area contributed by atoms with Gasteiger partial charge in [-0.1, -0.05) is 23.7 Å². The molecule has 0 saturated heterocycles. The number of hydrogen-bond acceptors (Lipinski definition) is 3. The first-order valence-corrected chi connectivity index (χ1v) is 5.55. The highest BCUT2D eigenvalue weighted by molar-refractivity contribution is 6.30. The number of rotatable bonds is 3. The van der Waals surface area contributed by atoms with E-state index >= 15 is 0 Å². The molecule has 0 N–H and O–H groups in total. The van der Waals surface area contributed by atoms with Crippen molar-refractivity contribution in [2.75, 3.05) is 0 Å². The number of imidazole rings is 1. The molecule has 0 radical (unpaired) electrons. The van der Waals surface area contributed by atoms with Gasteiger partial charge in [0, 0.05) is 11.1 Å². The van der Waals surface area contributed by atoms with Crippen LogP contribution in [0.2, 0.25) is 5.02 Å². The maximum absolute atomic E-state index is 10.7. The second-order valence-electron chi connectivity index (χ2n) is 3.68. The summed E-state index contributed by atoms with van der Waals surface area (Å²) in [5.74, 6) is 0.474. The van der Waals surface area contributed by atoms with E-state index in [-0.39, 0.29) is 5.82 Å². The van der Waals surface area contributed by atoms with Gasteiger partial charge in [-0.3, -0.25) is 0 Å². The lowest BCUT2D eigenvalue weighted by molar-refractivity contribution is -0.391. The second kappa shape index (κ2) is 5.01. The van der Waals surface area contributed by atoms with Gasteiger partial charge in [-0.2, -0.15) is 0 Å². The van der Waals surface area contributed by atoms with Gasteiger partial charge >= 0.3 is 5.82 Å². The molecule has 5 nitrogen and oxygen atoms in total. The number of halogens is 1. The fraction of sp³-hybridized carbons (Fsp3) is 0.0833. The van der Waals surface area contributed by atoms with Crippen molar-refractivity contribution >= 4 is 29.6 Å². The SMILES string of the molecule is Cn1c([N+](=O)[O-])cnc1/C=C/c1cccc(Cl)c1. The third kappa shape index (κ3) is 2.57. The van der Waals surface area contributed by atoms with Crippen LogP contribution >= 0.6 is 11.6 Å². The Morgan fingerprint density at radius 2 is 2.22 bits per heavy atom. The van der Waals surface area contributed by atoms with Gasteiger partial charge in [0.25, 0.3) is 0 Å². The zero-order valence-corrected chi connectivity index (χ0v) is 10.3. The minimum absolute atomic E-state index is 0.0410. The maximum Gasteiger partial charge on any atom is 0.342 e. The Bertz CT molecular complexity index is 620. The lowest BCUT2D eigenvalue weighted by atomic mass is 10.2. The molecule has 18 heavy (non-hydrogen) atoms. The van der Waals surface area contributed by atoms with Gasteiger partial charge in [0.2, 0.25) is 5.82 Å². The Morgan fingerprint density at radius 3 is 2.83 bits per heavy atom. The molecule has 0 aliphatic heterocycles. The Balaban J connectivity index is 2.27. The van der Waals surface area contributed by atoms with E-state index in [1.807, 2.05) is 12.1 Å². The first-order chi connectivity index (χ1) is 8.58. The summed E-state index contributed by atoms with van der Waals surface area (Å²) in [4.78, 5) is 14.2. The number of hydrogen-bond donors (Lipinski definition) is 0. The van der Waals surface area contributed by atoms with Crippen molar-refractivity contribution in [3.63, 3.8) is 0 Å². The summed E-state index contributed by atoms with van der Waals surface area (Å²) in [5, 5.41) is 11.3. The first-order valence-electron chi connectivity index (χ1n) is 5.17. The summed E-state index contributed by atoms with van der Waals surface area (Å²) in [5.41, 5.74) is 0.910. The van der Waals surface area contributed by atoms with Gasteiger partial charge in [-0.25, -0.2) is 9.55 Å². The Hall–Kier alpha value is -2.14. The van der Waals surface area contributed by atoms with Crippen molar-refractivity contribution in [1.29, 1.82) is 0 Å². The van der Waals surface area contributed by atoms with Crippen molar-refractivity contribution in [2.24, 2.45) is 7.05 Å². The molecule has 2 rings (SSSR count). The summed E-state index contributed by atoms with van der Waals surface area (Å²) in [7, 11) is 1.60. The van der Waals surface area contributed by atoms with Crippen LogP contribution in [0.15, 0.2) is 30.5 Å². The minimum atomic E-state index is -0.469. The number of nitro groups is 1. The number of nitrogens with zero attached hydrogens (tertiary/aromatic N) is 3. The van der Waals surface area contributed by atoms with Crippen LogP contribution in [-0.2, 0) is 7.05 Å². The van der Waals surface area contributed by atoms with Gasteiger partial charge < -0.3 is 10.1 Å². The Morgan fingerprint density at radius 1 is 1.44 bits per heavy atom. The van der Waals surface area contributed by atoms with Crippen LogP contribution in [-0.4, -0.2) is 14.5 Å². The van der Waals surface area contributed by atoms with Gasteiger partial charge in [0.05, 0.1) is 7.05 Å². The number of benzene rings is 1. The monoisotopic (exact) mass is 263 g/mol. The first kappa shape index (κ1) is 12.3. The molecule has 1 aromatic heterocycles. The normalized spacial score (nSPS) is 11.0. The Labute approximate surface area is 108 Å². The molecule has 0 saturated carbocycles. The molecular formula is C12H10ClN3O2. The molecule has 92 valence electrons. The van der Waals surface area contributed by atoms with Crippen LogP contribution in [0.25, 0.3) is 12.2 Å². The molecule has 0 amide bonds. The summed E-state index contributed by atoms with van der Waals surface area (Å²) in [6.07, 6.45) is 4.74. The molecule has 1 heterocycles. The molecular weight excluding hydrogens is 254 g/mol. The van der Waals surface area contributed by atoms with E-state index in [0.717, 1.165) is 5.56 Å². The molecule has 0 aliphatic carbocycles. The van der Waals surface area contributed by atoms with Crippen LogP contribution < -0.4 is 0 Å². The minimum Gasteiger partial charge on any atom is -0.358 e. The predicted octanol–water partition coefficient (Wildman–Crippen LogP) is 3.15. The van der Waals surface area contributed by atoms with Crippen molar-refractivity contribution in [3.05, 3.63) is 57.0 Å². The lowest BCUT2D eigenvalue weighted by Gasteiger charge is -1.95. The van der Waals surface area contributed by atoms with E-state index in [1.165, 1.54) is 10.8 Å². The van der Waals surface area contributed by atoms with E-state index < -0.39 is 4.92 Å². The van der Waals surface area contributed by atoms with Gasteiger partial charge in [-0.05, 0) is 28.7 Å². The standard InChI is InChI=1S/C12H10ClN3O2/c1-15-11(14-8-12(15)16(17)18)6-5-9-3-2-4-10(13)7-9/h2-8H,1H3/b6-5+. The second-order valence-corrected chi connectivity index (χ2v) is 4.12. The summed E-state index contributed by atoms with van der Waals surface area (Å²) in [6, 6.07) is 7.31. The molecule has 0 unspecified atom stereocenters. The highest BCUT2D eigenvalue weighted by Gasteiger charge is 2.13. The summed E-state index contributed by atoms with van der Waals surface area (Å²) >= 11 is 5.86. The average Bonchev–Trinajstić information content (AvgIpc) is 2.68. The van der Waals surface area contributed by atoms with Crippen LogP contribution in [0.3, 0.4) is 0 Å². The van der Waals surface area contributed by atoms with Gasteiger partial charge in [0.1, 0.15) is 6.20 Å². The highest BCUT2D eigenvalue weighted by atomic mass is 35.5. The maximum atomic E-state index is 10.7. The van der Waals surface area contributed by atoms with E-state index in [0.29, 0.717) is 10.8 Å². The van der Waals surface area contributed by atoms with Crippen LogP contribution in [0.4, 0.5) is 5.82 Å². The van der Waals surface area contributed by atoms with Gasteiger partial charge in [-0.15, -0.1) is 0 Å². The predicted molar refractivity (Wildman–Crippen MR) is 70.2 cm³/mol. The molecule has 0 atom stereocenters. The van der Waals surface area contributed by atoms with E-state index in [4.69, 9.17) is 11.6 Å². The highest BCUT2D eigenvalue weighted by Crippen LogP contribution is 2.16. The van der Waals surface area contributed by atoms with Crippen molar-refractivity contribution in [2.45, 2.75) is 0 Å². The van der Waals surface area contributed by atoms with Crippen LogP contribution in [0, 0.1) is 10.1 Å². The van der Waals surface area contributed by atoms with E-state index in [9.17, 15) is 10.1 Å². The fourth-order valence-corrected chi connectivity index (χ4v) is 1.72. The zero-order valence-electron chi connectivity index (χ0n) is 9.58. The largest absolute Gasteiger partial charge is 0.358 e. The van der Waals surface area contributed by atoms with Crippen molar-refractivity contribution < 1.29 is 4.92 Å². The number of aromatic nitrogens is 2. The molecule has 1 aromatic carbocycles. The van der Waals surface area contributed by atoms with Crippen LogP contribution in [0.1, 0.15) is 11.4 Å². The lowest BCUT2D eigenvalue weighted by Crippen LogP contribution is -1.98. The summed E-state index contributed by atoms with van der Waals surface area (Å²) < 4.78 is 1.42. The quantitative estimate of drug-likeness (QED) is 0.631. The molecule has 0 aliphatic rings.